The summed E-state index contributed by atoms with van der Waals surface area (Å²) in [5.74, 6) is 1.11. The van der Waals surface area contributed by atoms with Gasteiger partial charge in [-0.15, -0.1) is 0 Å². The fourth-order valence-corrected chi connectivity index (χ4v) is 3.89. The van der Waals surface area contributed by atoms with Gasteiger partial charge in [-0.3, -0.25) is 4.79 Å². The van der Waals surface area contributed by atoms with Crippen molar-refractivity contribution in [2.24, 2.45) is 0 Å². The second-order valence-corrected chi connectivity index (χ2v) is 8.13. The van der Waals surface area contributed by atoms with Crippen LogP contribution in [0.4, 0.5) is 11.5 Å². The Balaban J connectivity index is 1.56. The highest BCUT2D eigenvalue weighted by atomic mass is 16.5. The van der Waals surface area contributed by atoms with Crippen LogP contribution in [0.3, 0.4) is 0 Å². The number of nitrogens with one attached hydrogen (secondary N) is 3. The van der Waals surface area contributed by atoms with E-state index in [1.165, 1.54) is 11.9 Å². The van der Waals surface area contributed by atoms with Crippen LogP contribution in [0.15, 0.2) is 60.4 Å². The molecule has 1 aliphatic rings. The average molecular weight is 462 g/mol. The molecule has 1 saturated heterocycles. The van der Waals surface area contributed by atoms with Crippen molar-refractivity contribution >= 4 is 28.3 Å². The normalized spacial score (nSPS) is 13.5. The van der Waals surface area contributed by atoms with Crippen molar-refractivity contribution in [3.05, 3.63) is 66.0 Å². The molecular weight excluding hydrogens is 430 g/mol. The van der Waals surface area contributed by atoms with Crippen molar-refractivity contribution in [2.75, 3.05) is 50.6 Å². The number of fused-ring (bicyclic) bond motifs is 1. The molecule has 0 unspecified atom stereocenters. The maximum Gasteiger partial charge on any atom is 0.248 e. The Morgan fingerprint density at radius 3 is 2.74 bits per heavy atom. The molecule has 0 radical (unpaired) electrons. The van der Waals surface area contributed by atoms with Crippen LogP contribution in [0.5, 0.6) is 5.75 Å². The molecule has 0 aliphatic carbocycles. The van der Waals surface area contributed by atoms with Crippen molar-refractivity contribution in [2.45, 2.75) is 19.3 Å². The van der Waals surface area contributed by atoms with E-state index >= 15 is 0 Å². The quantitative estimate of drug-likeness (QED) is 0.314. The number of hydrogen-bond donors (Lipinski definition) is 3. The number of rotatable bonds is 10. The predicted molar refractivity (Wildman–Crippen MR) is 134 cm³/mol. The topological polar surface area (TPSA) is 97.4 Å². The third-order valence-electron chi connectivity index (χ3n) is 5.67. The number of methoxy groups -OCH3 is 1. The molecule has 3 aromatic rings. The molecule has 4 rings (SSSR count). The number of anilines is 2. The smallest absolute Gasteiger partial charge is 0.248 e. The van der Waals surface area contributed by atoms with Gasteiger partial charge in [0.15, 0.2) is 0 Å². The van der Waals surface area contributed by atoms with E-state index in [0.29, 0.717) is 24.7 Å². The van der Waals surface area contributed by atoms with Gasteiger partial charge < -0.3 is 25.4 Å². The van der Waals surface area contributed by atoms with Crippen molar-refractivity contribution in [1.82, 2.24) is 15.3 Å². The molecule has 8 nitrogen and oxygen atoms in total. The van der Waals surface area contributed by atoms with Gasteiger partial charge in [0.25, 0.3) is 0 Å². The summed E-state index contributed by atoms with van der Waals surface area (Å²) >= 11 is 0. The molecule has 8 heteroatoms. The van der Waals surface area contributed by atoms with E-state index in [1.54, 1.807) is 13.2 Å². The van der Waals surface area contributed by atoms with E-state index in [2.05, 4.69) is 38.1 Å². The number of hydrogen-bond acceptors (Lipinski definition) is 7. The van der Waals surface area contributed by atoms with Crippen LogP contribution in [0, 0.1) is 0 Å². The number of benzene rings is 2. The first-order chi connectivity index (χ1) is 16.7. The first kappa shape index (κ1) is 23.7. The minimum Gasteiger partial charge on any atom is -0.489 e. The Hall–Kier alpha value is -3.49. The largest absolute Gasteiger partial charge is 0.489 e. The molecular formula is C26H31N5O3. The van der Waals surface area contributed by atoms with Crippen LogP contribution in [0.2, 0.25) is 0 Å². The van der Waals surface area contributed by atoms with Gasteiger partial charge in [-0.2, -0.15) is 0 Å². The summed E-state index contributed by atoms with van der Waals surface area (Å²) in [6, 6.07) is 14.0. The Morgan fingerprint density at radius 2 is 1.94 bits per heavy atom. The average Bonchev–Trinajstić information content (AvgIpc) is 2.86. The minimum absolute atomic E-state index is 0.164. The van der Waals surface area contributed by atoms with Gasteiger partial charge >= 0.3 is 0 Å². The fourth-order valence-electron chi connectivity index (χ4n) is 3.89. The highest BCUT2D eigenvalue weighted by Gasteiger charge is 2.14. The van der Waals surface area contributed by atoms with E-state index in [9.17, 15) is 4.79 Å². The first-order valence-electron chi connectivity index (χ1n) is 11.6. The van der Waals surface area contributed by atoms with Gasteiger partial charge in [0.1, 0.15) is 24.5 Å². The molecule has 0 atom stereocenters. The maximum absolute atomic E-state index is 12.8. The van der Waals surface area contributed by atoms with Gasteiger partial charge in [0.05, 0.1) is 17.8 Å². The van der Waals surface area contributed by atoms with Gasteiger partial charge in [-0.05, 0) is 44.0 Å². The van der Waals surface area contributed by atoms with Crippen LogP contribution in [0.1, 0.15) is 18.4 Å². The fraction of sp³-hybridized carbons (Fsp3) is 0.346. The number of carbonyl (C=O) groups excluding carboxylic acids is 1. The molecule has 2 heterocycles. The molecule has 1 amide bonds. The van der Waals surface area contributed by atoms with Gasteiger partial charge in [0, 0.05) is 31.2 Å². The molecule has 1 aromatic heterocycles. The summed E-state index contributed by atoms with van der Waals surface area (Å²) in [5, 5.41) is 10.5. The monoisotopic (exact) mass is 461 g/mol. The van der Waals surface area contributed by atoms with Crippen molar-refractivity contribution in [3.8, 4) is 5.75 Å². The number of piperidine rings is 1. The number of ether oxygens (including phenoxy) is 2. The minimum atomic E-state index is -0.164. The van der Waals surface area contributed by atoms with Crippen LogP contribution >= 0.6 is 0 Å². The second kappa shape index (κ2) is 12.1. The highest BCUT2D eigenvalue weighted by Crippen LogP contribution is 2.32. The van der Waals surface area contributed by atoms with Gasteiger partial charge in [0.2, 0.25) is 5.91 Å². The first-order valence-corrected chi connectivity index (χ1v) is 11.6. The van der Waals surface area contributed by atoms with Crippen LogP contribution < -0.4 is 20.7 Å². The van der Waals surface area contributed by atoms with Crippen molar-refractivity contribution in [1.29, 1.82) is 0 Å². The Morgan fingerprint density at radius 1 is 1.12 bits per heavy atom. The molecule has 178 valence electrons. The van der Waals surface area contributed by atoms with Crippen molar-refractivity contribution < 1.29 is 14.3 Å². The molecule has 0 saturated carbocycles. The predicted octanol–water partition coefficient (Wildman–Crippen LogP) is 3.56. The van der Waals surface area contributed by atoms with Crippen LogP contribution in [0.25, 0.3) is 10.9 Å². The molecule has 1 aliphatic heterocycles. The summed E-state index contributed by atoms with van der Waals surface area (Å²) in [6.45, 7) is 3.33. The second-order valence-electron chi connectivity index (χ2n) is 8.13. The number of carbonyl (C=O) groups is 1. The zero-order chi connectivity index (χ0) is 23.6. The summed E-state index contributed by atoms with van der Waals surface area (Å²) in [7, 11) is 1.62. The van der Waals surface area contributed by atoms with E-state index < -0.39 is 0 Å². The van der Waals surface area contributed by atoms with E-state index in [-0.39, 0.29) is 5.91 Å². The lowest BCUT2D eigenvalue weighted by Gasteiger charge is -2.16. The molecule has 0 spiro atoms. The van der Waals surface area contributed by atoms with Gasteiger partial charge in [-0.25, -0.2) is 9.97 Å². The third-order valence-corrected chi connectivity index (χ3v) is 5.67. The lowest BCUT2D eigenvalue weighted by atomic mass is 10.1. The van der Waals surface area contributed by atoms with Gasteiger partial charge in [-0.1, -0.05) is 35.9 Å². The number of amides is 1. The summed E-state index contributed by atoms with van der Waals surface area (Å²) in [4.78, 5) is 21.6. The zero-order valence-corrected chi connectivity index (χ0v) is 19.5. The van der Waals surface area contributed by atoms with E-state index in [0.717, 1.165) is 61.2 Å². The standard InChI is InChI=1S/C26H31N5O3/c1-33-13-14-34-24-17-22-21(16-23(24)31-25(32)15-20-7-10-27-11-8-20)26(30-18-29-22)28-12-9-19-5-3-2-4-6-19/h2-6,15-18,27H,7-14H2,1H3,(H,31,32)(H,28,29,30). The van der Waals surface area contributed by atoms with E-state index in [4.69, 9.17) is 9.47 Å². The Bertz CT molecular complexity index is 1130. The van der Waals surface area contributed by atoms with Crippen LogP contribution in [-0.4, -0.2) is 55.8 Å². The lowest BCUT2D eigenvalue weighted by Crippen LogP contribution is -2.24. The molecule has 2 aromatic carbocycles. The summed E-state index contributed by atoms with van der Waals surface area (Å²) in [6.07, 6.45) is 5.87. The SMILES string of the molecule is COCCOc1cc2ncnc(NCCc3ccccc3)c2cc1NC(=O)C=C1CCNCC1. The van der Waals surface area contributed by atoms with Crippen LogP contribution in [-0.2, 0) is 16.0 Å². The van der Waals surface area contributed by atoms with E-state index in [1.807, 2.05) is 30.3 Å². The van der Waals surface area contributed by atoms with Crippen molar-refractivity contribution in [3.63, 3.8) is 0 Å². The molecule has 34 heavy (non-hydrogen) atoms. The molecule has 1 fully saturated rings. The third kappa shape index (κ3) is 6.52. The maximum atomic E-state index is 12.8. The number of nitrogens with zero attached hydrogens (tertiary/aromatic N) is 2. The summed E-state index contributed by atoms with van der Waals surface area (Å²) < 4.78 is 11.0. The highest BCUT2D eigenvalue weighted by molar-refractivity contribution is 6.03. The Labute approximate surface area is 199 Å². The molecule has 3 N–H and O–H groups in total. The summed E-state index contributed by atoms with van der Waals surface area (Å²) in [5.41, 5.74) is 3.71. The zero-order valence-electron chi connectivity index (χ0n) is 19.5. The lowest BCUT2D eigenvalue weighted by molar-refractivity contribution is -0.112. The number of aromatic nitrogens is 2. The molecule has 0 bridgehead atoms. The Kier molecular flexibility index (Phi) is 8.43.